The second kappa shape index (κ2) is 14.0. The van der Waals surface area contributed by atoms with Gasteiger partial charge in [0.2, 0.25) is 17.0 Å². The Labute approximate surface area is 268 Å². The van der Waals surface area contributed by atoms with Crippen LogP contribution in [0.3, 0.4) is 0 Å². The third-order valence-corrected chi connectivity index (χ3v) is 9.84. The molecule has 3 heterocycles. The Kier molecular flexibility index (Phi) is 10.2. The number of halogens is 1. The summed E-state index contributed by atoms with van der Waals surface area (Å²) >= 11 is 9.00. The molecule has 0 atom stereocenters. The first-order valence-electron chi connectivity index (χ1n) is 13.3. The van der Waals surface area contributed by atoms with Gasteiger partial charge in [0.1, 0.15) is 10.8 Å². The van der Waals surface area contributed by atoms with Crippen molar-refractivity contribution in [1.82, 2.24) is 30.0 Å². The Morgan fingerprint density at radius 2 is 1.86 bits per heavy atom. The van der Waals surface area contributed by atoms with Crippen LogP contribution < -0.4 is 20.7 Å². The minimum absolute atomic E-state index is 0.110. The number of hydrogen-bond donors (Lipinski definition) is 3. The monoisotopic (exact) mass is 675 g/mol. The molecule has 0 radical (unpaired) electrons. The van der Waals surface area contributed by atoms with Crippen molar-refractivity contribution < 1.29 is 17.9 Å². The number of nitrogens with one attached hydrogen (secondary N) is 3. The predicted molar refractivity (Wildman–Crippen MR) is 173 cm³/mol. The zero-order chi connectivity index (χ0) is 31.3. The summed E-state index contributed by atoms with van der Waals surface area (Å²) in [5, 5.41) is 17.9. The first-order chi connectivity index (χ1) is 21.1. The molecular formula is C27H30ClN9O4S3. The van der Waals surface area contributed by atoms with Crippen LogP contribution in [0.15, 0.2) is 62.8 Å². The maximum atomic E-state index is 12.5. The highest BCUT2D eigenvalue weighted by molar-refractivity contribution is 8.01. The van der Waals surface area contributed by atoms with E-state index in [2.05, 4.69) is 53.0 Å². The van der Waals surface area contributed by atoms with Gasteiger partial charge in [-0.2, -0.15) is 4.98 Å². The van der Waals surface area contributed by atoms with Crippen LogP contribution in [0, 0.1) is 0 Å². The molecule has 1 fully saturated rings. The lowest BCUT2D eigenvalue weighted by Gasteiger charge is -2.31. The summed E-state index contributed by atoms with van der Waals surface area (Å²) < 4.78 is 30.7. The number of benzene rings is 2. The first kappa shape index (κ1) is 31.9. The lowest BCUT2D eigenvalue weighted by molar-refractivity contribution is -0.117. The number of ether oxygens (including phenoxy) is 1. The predicted octanol–water partition coefficient (Wildman–Crippen LogP) is 4.22. The highest BCUT2D eigenvalue weighted by Gasteiger charge is 2.19. The number of anilines is 5. The normalized spacial score (nSPS) is 14.3. The average molecular weight is 676 g/mol. The number of sulfone groups is 1. The summed E-state index contributed by atoms with van der Waals surface area (Å²) in [5.74, 6) is 0.861. The molecule has 1 saturated heterocycles. The van der Waals surface area contributed by atoms with E-state index in [-0.39, 0.29) is 27.6 Å². The summed E-state index contributed by atoms with van der Waals surface area (Å²) in [5.41, 5.74) is 0.936. The molecule has 13 nitrogen and oxygen atoms in total. The smallest absolute Gasteiger partial charge is 0.240 e. The van der Waals surface area contributed by atoms with Gasteiger partial charge in [0.15, 0.2) is 20.0 Å². The van der Waals surface area contributed by atoms with Crippen molar-refractivity contribution >= 4 is 78.7 Å². The number of amides is 1. The number of carbonyl (C=O) groups excluding carboxylic acids is 1. The molecule has 44 heavy (non-hydrogen) atoms. The quantitative estimate of drug-likeness (QED) is 0.195. The maximum Gasteiger partial charge on any atom is 0.240 e. The second-order valence-electron chi connectivity index (χ2n) is 9.87. The Morgan fingerprint density at radius 3 is 2.61 bits per heavy atom. The van der Waals surface area contributed by atoms with Crippen LogP contribution in [-0.2, 0) is 14.6 Å². The van der Waals surface area contributed by atoms with Crippen molar-refractivity contribution in [3.05, 3.63) is 53.7 Å². The third kappa shape index (κ3) is 8.34. The van der Waals surface area contributed by atoms with E-state index in [0.717, 1.165) is 37.3 Å². The molecule has 0 saturated carbocycles. The third-order valence-electron chi connectivity index (χ3n) is 6.52. The average Bonchev–Trinajstić information content (AvgIpc) is 3.42. The van der Waals surface area contributed by atoms with E-state index in [1.165, 1.54) is 35.4 Å². The van der Waals surface area contributed by atoms with Gasteiger partial charge in [-0.15, -0.1) is 10.2 Å². The molecule has 0 spiro atoms. The van der Waals surface area contributed by atoms with Gasteiger partial charge in [0.05, 0.1) is 36.1 Å². The molecule has 4 aromatic rings. The fourth-order valence-corrected chi connectivity index (χ4v) is 7.02. The van der Waals surface area contributed by atoms with E-state index in [9.17, 15) is 13.2 Å². The second-order valence-corrected chi connectivity index (χ2v) is 14.6. The van der Waals surface area contributed by atoms with Crippen LogP contribution >= 0.6 is 34.7 Å². The molecule has 3 N–H and O–H groups in total. The fraction of sp³-hybridized carbons (Fsp3) is 0.296. The van der Waals surface area contributed by atoms with Crippen molar-refractivity contribution in [2.75, 3.05) is 69.1 Å². The number of aromatic nitrogens is 4. The molecule has 1 aliphatic heterocycles. The Bertz CT molecular complexity index is 1750. The Morgan fingerprint density at radius 1 is 1.09 bits per heavy atom. The fourth-order valence-electron chi connectivity index (χ4n) is 4.26. The van der Waals surface area contributed by atoms with Gasteiger partial charge in [0.25, 0.3) is 0 Å². The minimum atomic E-state index is -3.48. The SMILES string of the molecule is COc1cc(Sc2nnc(NC(=O)CN3CCN(C)CC3)s2)ccc1Nc1ncc(Cl)c(Nc2ccccc2S(C)(=O)=O)n1. The topological polar surface area (TPSA) is 155 Å². The summed E-state index contributed by atoms with van der Waals surface area (Å²) in [6.45, 7) is 3.92. The molecule has 17 heteroatoms. The lowest BCUT2D eigenvalue weighted by atomic mass is 10.3. The molecule has 0 bridgehead atoms. The van der Waals surface area contributed by atoms with Gasteiger partial charge in [-0.3, -0.25) is 15.0 Å². The van der Waals surface area contributed by atoms with Crippen LogP contribution in [0.5, 0.6) is 5.75 Å². The standard InChI is InChI=1S/C27H30ClN9O4S3/c1-36-10-12-37(13-11-36)16-23(38)32-26-34-35-27(43-26)42-17-8-9-19(21(14-17)41-2)31-25-29-15-18(28)24(33-25)30-20-6-4-5-7-22(20)44(3,39)40/h4-9,14-15H,10-13,16H2,1-3H3,(H,32,34,38)(H2,29,30,31,33). The number of methoxy groups -OCH3 is 1. The van der Waals surface area contributed by atoms with Crippen molar-refractivity contribution in [3.8, 4) is 5.75 Å². The van der Waals surface area contributed by atoms with E-state index >= 15 is 0 Å². The molecule has 232 valence electrons. The van der Waals surface area contributed by atoms with Gasteiger partial charge in [-0.1, -0.05) is 46.8 Å². The summed E-state index contributed by atoms with van der Waals surface area (Å²) in [6.07, 6.45) is 2.55. The molecule has 0 unspecified atom stereocenters. The molecule has 2 aromatic carbocycles. The van der Waals surface area contributed by atoms with Crippen LogP contribution in [0.2, 0.25) is 5.02 Å². The van der Waals surface area contributed by atoms with Crippen molar-refractivity contribution in [1.29, 1.82) is 0 Å². The van der Waals surface area contributed by atoms with Gasteiger partial charge < -0.3 is 20.3 Å². The van der Waals surface area contributed by atoms with Gasteiger partial charge in [-0.25, -0.2) is 13.4 Å². The molecule has 5 rings (SSSR count). The van der Waals surface area contributed by atoms with Crippen LogP contribution in [0.25, 0.3) is 0 Å². The van der Waals surface area contributed by atoms with Crippen molar-refractivity contribution in [3.63, 3.8) is 0 Å². The molecule has 2 aromatic heterocycles. The van der Waals surface area contributed by atoms with Crippen LogP contribution in [-0.4, -0.2) is 97.4 Å². The van der Waals surface area contributed by atoms with E-state index in [4.69, 9.17) is 16.3 Å². The number of rotatable bonds is 11. The zero-order valence-electron chi connectivity index (χ0n) is 24.1. The summed E-state index contributed by atoms with van der Waals surface area (Å²) in [6, 6.07) is 12.0. The number of nitrogens with zero attached hydrogens (tertiary/aromatic N) is 6. The first-order valence-corrected chi connectivity index (χ1v) is 17.2. The van der Waals surface area contributed by atoms with E-state index < -0.39 is 9.84 Å². The Hall–Kier alpha value is -3.54. The highest BCUT2D eigenvalue weighted by Crippen LogP contribution is 2.37. The van der Waals surface area contributed by atoms with Crippen LogP contribution in [0.4, 0.5) is 28.3 Å². The summed E-state index contributed by atoms with van der Waals surface area (Å²) in [4.78, 5) is 26.5. The molecule has 1 aliphatic rings. The van der Waals surface area contributed by atoms with E-state index in [1.54, 1.807) is 25.3 Å². The van der Waals surface area contributed by atoms with Crippen LogP contribution in [0.1, 0.15) is 0 Å². The largest absolute Gasteiger partial charge is 0.495 e. The number of piperazine rings is 1. The maximum absolute atomic E-state index is 12.5. The lowest BCUT2D eigenvalue weighted by Crippen LogP contribution is -2.47. The highest BCUT2D eigenvalue weighted by atomic mass is 35.5. The minimum Gasteiger partial charge on any atom is -0.495 e. The van der Waals surface area contributed by atoms with Gasteiger partial charge in [0, 0.05) is 37.3 Å². The van der Waals surface area contributed by atoms with Crippen molar-refractivity contribution in [2.45, 2.75) is 14.1 Å². The van der Waals surface area contributed by atoms with Gasteiger partial charge >= 0.3 is 0 Å². The van der Waals surface area contributed by atoms with E-state index in [1.807, 2.05) is 18.2 Å². The molecule has 1 amide bonds. The number of likely N-dealkylation sites (N-methyl/N-ethyl adjacent to an activating group) is 1. The zero-order valence-corrected chi connectivity index (χ0v) is 27.3. The number of carbonyl (C=O) groups is 1. The Balaban J connectivity index is 1.23. The number of para-hydroxylation sites is 1. The molecule has 0 aliphatic carbocycles. The van der Waals surface area contributed by atoms with Crippen molar-refractivity contribution in [2.24, 2.45) is 0 Å². The number of hydrogen-bond acceptors (Lipinski definition) is 14. The summed E-state index contributed by atoms with van der Waals surface area (Å²) in [7, 11) is 0.139. The van der Waals surface area contributed by atoms with E-state index in [0.29, 0.717) is 33.1 Å². The molecular weight excluding hydrogens is 646 g/mol. The van der Waals surface area contributed by atoms with Gasteiger partial charge in [-0.05, 0) is 37.4 Å².